The van der Waals surface area contributed by atoms with Gasteiger partial charge >= 0.3 is 0 Å². The van der Waals surface area contributed by atoms with Crippen molar-refractivity contribution in [1.29, 1.82) is 0 Å². The molecule has 0 aromatic heterocycles. The lowest BCUT2D eigenvalue weighted by Crippen LogP contribution is -2.42. The molecule has 0 bridgehead atoms. The van der Waals surface area contributed by atoms with Crippen LogP contribution in [0.2, 0.25) is 0 Å². The summed E-state index contributed by atoms with van der Waals surface area (Å²) >= 11 is 3.23. The van der Waals surface area contributed by atoms with Crippen LogP contribution in [0.15, 0.2) is 27.6 Å². The first-order valence-electron chi connectivity index (χ1n) is 5.64. The number of halogens is 1. The molecule has 0 amide bonds. The molecule has 2 rings (SSSR count). The van der Waals surface area contributed by atoms with Gasteiger partial charge in [-0.15, -0.1) is 0 Å². The molecule has 100 valence electrons. The second kappa shape index (κ2) is 5.16. The number of aliphatic hydroxyl groups excluding tert-OH is 1. The molecule has 0 radical (unpaired) electrons. The van der Waals surface area contributed by atoms with Gasteiger partial charge in [-0.1, -0.05) is 0 Å². The van der Waals surface area contributed by atoms with Crippen molar-refractivity contribution in [2.45, 2.75) is 23.8 Å². The normalized spacial score (nSPS) is 22.0. The van der Waals surface area contributed by atoms with E-state index in [4.69, 9.17) is 5.73 Å². The lowest BCUT2D eigenvalue weighted by atomic mass is 10.1. The zero-order valence-corrected chi connectivity index (χ0v) is 12.1. The van der Waals surface area contributed by atoms with Crippen LogP contribution >= 0.6 is 15.9 Å². The third-order valence-electron chi connectivity index (χ3n) is 2.96. The Hall–Kier alpha value is -0.630. The average molecular weight is 335 g/mol. The molecule has 0 saturated carbocycles. The van der Waals surface area contributed by atoms with Gasteiger partial charge in [-0.05, 0) is 47.0 Å². The van der Waals surface area contributed by atoms with E-state index in [0.717, 1.165) is 0 Å². The Balaban J connectivity index is 2.32. The number of sulfonamides is 1. The summed E-state index contributed by atoms with van der Waals surface area (Å²) in [5.74, 6) is 0. The Kier molecular flexibility index (Phi) is 3.96. The van der Waals surface area contributed by atoms with Gasteiger partial charge in [-0.3, -0.25) is 0 Å². The smallest absolute Gasteiger partial charge is 0.243 e. The van der Waals surface area contributed by atoms with E-state index < -0.39 is 16.1 Å². The average Bonchev–Trinajstić information content (AvgIpc) is 2.32. The Labute approximate surface area is 115 Å². The van der Waals surface area contributed by atoms with Gasteiger partial charge in [0, 0.05) is 23.2 Å². The fraction of sp³-hybridized carbons (Fsp3) is 0.455. The summed E-state index contributed by atoms with van der Waals surface area (Å²) in [6, 6.07) is 4.56. The first-order chi connectivity index (χ1) is 8.41. The maximum atomic E-state index is 12.3. The molecule has 1 aromatic carbocycles. The predicted octanol–water partition coefficient (Wildman–Crippen LogP) is 1.18. The van der Waals surface area contributed by atoms with E-state index in [1.807, 2.05) is 0 Å². The van der Waals surface area contributed by atoms with E-state index in [-0.39, 0.29) is 11.4 Å². The highest BCUT2D eigenvalue weighted by Gasteiger charge is 2.29. The number of anilines is 1. The van der Waals surface area contributed by atoms with Gasteiger partial charge in [0.25, 0.3) is 0 Å². The van der Waals surface area contributed by atoms with Crippen LogP contribution in [0.25, 0.3) is 0 Å². The van der Waals surface area contributed by atoms with E-state index >= 15 is 0 Å². The third-order valence-corrected chi connectivity index (χ3v) is 5.55. The molecule has 1 unspecified atom stereocenters. The number of piperidine rings is 1. The van der Waals surface area contributed by atoms with Crippen molar-refractivity contribution in [3.63, 3.8) is 0 Å². The van der Waals surface area contributed by atoms with E-state index in [9.17, 15) is 13.5 Å². The molecular weight excluding hydrogens is 320 g/mol. The van der Waals surface area contributed by atoms with E-state index in [1.54, 1.807) is 6.07 Å². The molecule has 1 saturated heterocycles. The lowest BCUT2D eigenvalue weighted by Gasteiger charge is -2.29. The van der Waals surface area contributed by atoms with Gasteiger partial charge in [0.15, 0.2) is 0 Å². The van der Waals surface area contributed by atoms with E-state index in [2.05, 4.69) is 15.9 Å². The quantitative estimate of drug-likeness (QED) is 0.795. The summed E-state index contributed by atoms with van der Waals surface area (Å²) in [6.07, 6.45) is 0.738. The minimum Gasteiger partial charge on any atom is -0.398 e. The van der Waals surface area contributed by atoms with Crippen LogP contribution in [0.1, 0.15) is 12.8 Å². The monoisotopic (exact) mass is 334 g/mol. The van der Waals surface area contributed by atoms with Crippen LogP contribution in [-0.2, 0) is 10.0 Å². The molecule has 18 heavy (non-hydrogen) atoms. The highest BCUT2D eigenvalue weighted by atomic mass is 79.9. The number of nitrogens with zero attached hydrogens (tertiary/aromatic N) is 1. The number of aliphatic hydroxyl groups is 1. The maximum absolute atomic E-state index is 12.3. The number of benzene rings is 1. The molecule has 3 N–H and O–H groups in total. The molecule has 1 aromatic rings. The fourth-order valence-corrected chi connectivity index (χ4v) is 3.77. The standard InChI is InChI=1S/C11H15BrN2O3S/c12-10-4-3-9(6-11(10)13)18(16,17)14-5-1-2-8(15)7-14/h3-4,6,8,15H,1-2,5,7,13H2. The zero-order chi connectivity index (χ0) is 13.3. The molecule has 5 nitrogen and oxygen atoms in total. The largest absolute Gasteiger partial charge is 0.398 e. The minimum absolute atomic E-state index is 0.151. The number of nitrogen functional groups attached to an aromatic ring is 1. The van der Waals surface area contributed by atoms with Gasteiger partial charge in [-0.2, -0.15) is 4.31 Å². The summed E-state index contributed by atoms with van der Waals surface area (Å²) < 4.78 is 26.7. The summed E-state index contributed by atoms with van der Waals surface area (Å²) in [5.41, 5.74) is 6.08. The van der Waals surface area contributed by atoms with Crippen LogP contribution in [0, 0.1) is 0 Å². The van der Waals surface area contributed by atoms with Crippen LogP contribution in [0.4, 0.5) is 5.69 Å². The highest BCUT2D eigenvalue weighted by Crippen LogP contribution is 2.26. The molecule has 1 aliphatic rings. The molecule has 1 fully saturated rings. The van der Waals surface area contributed by atoms with Gasteiger partial charge in [0.1, 0.15) is 0 Å². The summed E-state index contributed by atoms with van der Waals surface area (Å²) in [5, 5.41) is 9.55. The maximum Gasteiger partial charge on any atom is 0.243 e. The van der Waals surface area contributed by atoms with E-state index in [1.165, 1.54) is 16.4 Å². The number of hydrogen-bond acceptors (Lipinski definition) is 4. The lowest BCUT2D eigenvalue weighted by molar-refractivity contribution is 0.108. The molecule has 1 heterocycles. The Morgan fingerprint density at radius 1 is 1.44 bits per heavy atom. The van der Waals surface area contributed by atoms with Crippen molar-refractivity contribution < 1.29 is 13.5 Å². The Bertz CT molecular complexity index is 547. The van der Waals surface area contributed by atoms with Crippen LogP contribution in [0.3, 0.4) is 0 Å². The Morgan fingerprint density at radius 2 is 2.17 bits per heavy atom. The first kappa shape index (κ1) is 13.8. The molecule has 1 aliphatic heterocycles. The van der Waals surface area contributed by atoms with Crippen molar-refractivity contribution in [2.24, 2.45) is 0 Å². The topological polar surface area (TPSA) is 83.6 Å². The number of nitrogens with two attached hydrogens (primary N) is 1. The Morgan fingerprint density at radius 3 is 2.78 bits per heavy atom. The molecule has 7 heteroatoms. The van der Waals surface area contributed by atoms with Crippen LogP contribution < -0.4 is 5.73 Å². The number of rotatable bonds is 2. The molecule has 0 spiro atoms. The first-order valence-corrected chi connectivity index (χ1v) is 7.88. The molecular formula is C11H15BrN2O3S. The van der Waals surface area contributed by atoms with Gasteiger partial charge in [-0.25, -0.2) is 8.42 Å². The summed E-state index contributed by atoms with van der Waals surface area (Å²) in [4.78, 5) is 0.164. The van der Waals surface area contributed by atoms with Crippen molar-refractivity contribution in [2.75, 3.05) is 18.8 Å². The van der Waals surface area contributed by atoms with Gasteiger partial charge in [0.05, 0.1) is 11.0 Å². The molecule has 1 atom stereocenters. The second-order valence-electron chi connectivity index (χ2n) is 4.34. The predicted molar refractivity (Wildman–Crippen MR) is 72.6 cm³/mol. The van der Waals surface area contributed by atoms with Crippen molar-refractivity contribution in [3.05, 3.63) is 22.7 Å². The summed E-state index contributed by atoms with van der Waals surface area (Å²) in [7, 11) is -3.56. The van der Waals surface area contributed by atoms with Crippen LogP contribution in [0.5, 0.6) is 0 Å². The molecule has 0 aliphatic carbocycles. The van der Waals surface area contributed by atoms with Crippen LogP contribution in [-0.4, -0.2) is 37.0 Å². The van der Waals surface area contributed by atoms with E-state index in [0.29, 0.717) is 29.5 Å². The SMILES string of the molecule is Nc1cc(S(=O)(=O)N2CCCC(O)C2)ccc1Br. The van der Waals surface area contributed by atoms with Crippen molar-refractivity contribution in [3.8, 4) is 0 Å². The number of hydrogen-bond donors (Lipinski definition) is 2. The zero-order valence-electron chi connectivity index (χ0n) is 9.71. The number of β-amino-alcohol motifs (C(OH)–C–C–N with tert-alkyl or cyclic N) is 1. The fourth-order valence-electron chi connectivity index (χ4n) is 1.97. The summed E-state index contributed by atoms with van der Waals surface area (Å²) in [6.45, 7) is 0.591. The second-order valence-corrected chi connectivity index (χ2v) is 7.13. The van der Waals surface area contributed by atoms with Crippen molar-refractivity contribution >= 4 is 31.6 Å². The van der Waals surface area contributed by atoms with Gasteiger partial charge < -0.3 is 10.8 Å². The third kappa shape index (κ3) is 2.69. The van der Waals surface area contributed by atoms with Gasteiger partial charge in [0.2, 0.25) is 10.0 Å². The van der Waals surface area contributed by atoms with Crippen molar-refractivity contribution in [1.82, 2.24) is 4.31 Å². The highest BCUT2D eigenvalue weighted by molar-refractivity contribution is 9.10. The minimum atomic E-state index is -3.56.